The van der Waals surface area contributed by atoms with Gasteiger partial charge in [-0.25, -0.2) is 4.39 Å². The van der Waals surface area contributed by atoms with Crippen LogP contribution in [-0.2, 0) is 20.7 Å². The van der Waals surface area contributed by atoms with Crippen LogP contribution in [0.5, 0.6) is 0 Å². The summed E-state index contributed by atoms with van der Waals surface area (Å²) in [6.07, 6.45) is -4.15. The van der Waals surface area contributed by atoms with E-state index in [1.165, 1.54) is 24.3 Å². The minimum Gasteiger partial charge on any atom is -0.452 e. The maximum atomic E-state index is 12.9. The van der Waals surface area contributed by atoms with Crippen molar-refractivity contribution in [2.75, 3.05) is 0 Å². The molecular weight excluding hydrogens is 357 g/mol. The summed E-state index contributed by atoms with van der Waals surface area (Å²) in [4.78, 5) is 23.8. The number of carbonyl (C=O) groups is 2. The third-order valence-electron chi connectivity index (χ3n) is 4.25. The molecule has 3 atom stereocenters. The first-order valence-corrected chi connectivity index (χ1v) is 8.89. The Kier molecular flexibility index (Phi) is 9.34. The summed E-state index contributed by atoms with van der Waals surface area (Å²) in [5.74, 6) is -3.46. The van der Waals surface area contributed by atoms with Crippen molar-refractivity contribution in [3.05, 3.63) is 35.6 Å². The first-order valence-electron chi connectivity index (χ1n) is 8.89. The van der Waals surface area contributed by atoms with Crippen molar-refractivity contribution in [1.29, 1.82) is 0 Å². The molecule has 3 unspecified atom stereocenters. The van der Waals surface area contributed by atoms with Gasteiger partial charge in [-0.2, -0.15) is 0 Å². The quantitative estimate of drug-likeness (QED) is 0.330. The van der Waals surface area contributed by atoms with Crippen LogP contribution in [-0.4, -0.2) is 45.7 Å². The molecule has 0 saturated heterocycles. The molecule has 0 radical (unpaired) electrons. The van der Waals surface area contributed by atoms with E-state index in [9.17, 15) is 29.3 Å². The zero-order chi connectivity index (χ0) is 20.6. The summed E-state index contributed by atoms with van der Waals surface area (Å²) in [5.41, 5.74) is 5.94. The van der Waals surface area contributed by atoms with Gasteiger partial charge in [-0.1, -0.05) is 26.0 Å². The molecule has 8 heteroatoms. The van der Waals surface area contributed by atoms with Crippen LogP contribution in [0, 0.1) is 17.7 Å². The van der Waals surface area contributed by atoms with E-state index in [0.29, 0.717) is 12.0 Å². The van der Waals surface area contributed by atoms with E-state index in [1.54, 1.807) is 0 Å². The molecule has 1 amide bonds. The van der Waals surface area contributed by atoms with E-state index in [4.69, 9.17) is 10.5 Å². The molecule has 0 aliphatic rings. The molecule has 1 aromatic rings. The van der Waals surface area contributed by atoms with Gasteiger partial charge in [0.25, 0.3) is 5.91 Å². The molecule has 1 rings (SSSR count). The minimum absolute atomic E-state index is 0.119. The number of primary amides is 1. The second-order valence-corrected chi connectivity index (χ2v) is 6.97. The molecule has 0 saturated carbocycles. The van der Waals surface area contributed by atoms with Gasteiger partial charge in [-0.15, -0.1) is 0 Å². The van der Waals surface area contributed by atoms with Crippen molar-refractivity contribution in [2.45, 2.75) is 58.0 Å². The third kappa shape index (κ3) is 8.03. The van der Waals surface area contributed by atoms with Crippen molar-refractivity contribution in [1.82, 2.24) is 0 Å². The zero-order valence-electron chi connectivity index (χ0n) is 15.5. The van der Waals surface area contributed by atoms with Crippen molar-refractivity contribution in [3.63, 3.8) is 0 Å². The first kappa shape index (κ1) is 23.0. The van der Waals surface area contributed by atoms with Crippen molar-refractivity contribution in [2.24, 2.45) is 17.6 Å². The van der Waals surface area contributed by atoms with Crippen LogP contribution >= 0.6 is 0 Å². The molecule has 0 spiro atoms. The highest BCUT2D eigenvalue weighted by atomic mass is 19.1. The summed E-state index contributed by atoms with van der Waals surface area (Å²) in [6, 6.07) is 5.56. The van der Waals surface area contributed by atoms with Gasteiger partial charge in [-0.05, 0) is 42.9 Å². The fourth-order valence-electron chi connectivity index (χ4n) is 2.68. The fraction of sp³-hybridized carbons (Fsp3) is 0.579. The van der Waals surface area contributed by atoms with Crippen LogP contribution in [0.2, 0.25) is 0 Å². The molecule has 0 aliphatic carbocycles. The molecule has 0 bridgehead atoms. The number of amides is 1. The molecule has 27 heavy (non-hydrogen) atoms. The van der Waals surface area contributed by atoms with Gasteiger partial charge in [0.15, 0.2) is 12.4 Å². The van der Waals surface area contributed by atoms with Crippen LogP contribution in [0.25, 0.3) is 0 Å². The van der Waals surface area contributed by atoms with Crippen LogP contribution in [0.4, 0.5) is 4.39 Å². The monoisotopic (exact) mass is 385 g/mol. The number of hydrogen-bond acceptors (Lipinski definition) is 6. The summed E-state index contributed by atoms with van der Waals surface area (Å²) >= 11 is 0. The number of esters is 1. The summed E-state index contributed by atoms with van der Waals surface area (Å²) in [7, 11) is 0. The SMILES string of the molecule is CC(C)CCC(O)C(C(O)O)C(OC(=O)CCc1ccc(F)cc1)C(N)=O. The standard InChI is InChI=1S/C19H28FNO6/c1-11(2)3-9-14(22)16(19(25)26)17(18(21)24)27-15(23)10-6-12-4-7-13(20)8-5-12/h4-5,7-8,11,14,16-17,19,22,25-26H,3,6,9-10H2,1-2H3,(H2,21,24). The van der Waals surface area contributed by atoms with Gasteiger partial charge in [-0.3, -0.25) is 9.59 Å². The predicted molar refractivity (Wildman–Crippen MR) is 95.6 cm³/mol. The van der Waals surface area contributed by atoms with E-state index in [1.807, 2.05) is 13.8 Å². The van der Waals surface area contributed by atoms with Crippen LogP contribution in [0.1, 0.15) is 38.7 Å². The Morgan fingerprint density at radius 1 is 1.11 bits per heavy atom. The Hall–Kier alpha value is -2.03. The molecule has 0 heterocycles. The average Bonchev–Trinajstić information content (AvgIpc) is 2.58. The fourth-order valence-corrected chi connectivity index (χ4v) is 2.68. The number of aryl methyl sites for hydroxylation is 1. The number of hydrogen-bond donors (Lipinski definition) is 4. The Balaban J connectivity index is 2.74. The molecule has 5 N–H and O–H groups in total. The lowest BCUT2D eigenvalue weighted by molar-refractivity contribution is -0.184. The van der Waals surface area contributed by atoms with Crippen LogP contribution in [0.3, 0.4) is 0 Å². The highest BCUT2D eigenvalue weighted by Crippen LogP contribution is 2.22. The van der Waals surface area contributed by atoms with E-state index in [2.05, 4.69) is 0 Å². The van der Waals surface area contributed by atoms with Crippen molar-refractivity contribution >= 4 is 11.9 Å². The Morgan fingerprint density at radius 2 is 1.70 bits per heavy atom. The van der Waals surface area contributed by atoms with Crippen molar-refractivity contribution in [3.8, 4) is 0 Å². The Labute approximate surface area is 158 Å². The lowest BCUT2D eigenvalue weighted by Gasteiger charge is -2.30. The van der Waals surface area contributed by atoms with E-state index < -0.39 is 42.1 Å². The highest BCUT2D eigenvalue weighted by molar-refractivity contribution is 5.82. The van der Waals surface area contributed by atoms with E-state index in [-0.39, 0.29) is 25.2 Å². The molecule has 0 aliphatic heterocycles. The molecular formula is C19H28FNO6. The number of nitrogens with two attached hydrogens (primary N) is 1. The van der Waals surface area contributed by atoms with Crippen molar-refractivity contribution < 1.29 is 34.0 Å². The minimum atomic E-state index is -2.09. The van der Waals surface area contributed by atoms with Gasteiger partial charge in [0.1, 0.15) is 5.82 Å². The lowest BCUT2D eigenvalue weighted by atomic mass is 9.89. The second-order valence-electron chi connectivity index (χ2n) is 6.97. The van der Waals surface area contributed by atoms with Gasteiger partial charge in [0.05, 0.1) is 12.0 Å². The average molecular weight is 385 g/mol. The van der Waals surface area contributed by atoms with E-state index in [0.717, 1.165) is 0 Å². The molecule has 0 fully saturated rings. The number of halogens is 1. The van der Waals surface area contributed by atoms with Gasteiger partial charge in [0, 0.05) is 6.42 Å². The summed E-state index contributed by atoms with van der Waals surface area (Å²) < 4.78 is 17.9. The number of carbonyl (C=O) groups excluding carboxylic acids is 2. The number of benzene rings is 1. The maximum absolute atomic E-state index is 12.9. The Bertz CT molecular complexity index is 605. The number of rotatable bonds is 11. The predicted octanol–water partition coefficient (Wildman–Crippen LogP) is 0.879. The number of ether oxygens (including phenoxy) is 1. The molecule has 0 aromatic heterocycles. The molecule has 1 aromatic carbocycles. The number of aliphatic hydroxyl groups is 3. The zero-order valence-corrected chi connectivity index (χ0v) is 15.5. The van der Waals surface area contributed by atoms with E-state index >= 15 is 0 Å². The maximum Gasteiger partial charge on any atom is 0.306 e. The number of aliphatic hydroxyl groups excluding tert-OH is 2. The lowest BCUT2D eigenvalue weighted by Crippen LogP contribution is -2.49. The highest BCUT2D eigenvalue weighted by Gasteiger charge is 2.39. The molecule has 152 valence electrons. The topological polar surface area (TPSA) is 130 Å². The Morgan fingerprint density at radius 3 is 2.19 bits per heavy atom. The van der Waals surface area contributed by atoms with Gasteiger partial charge < -0.3 is 25.8 Å². The largest absolute Gasteiger partial charge is 0.452 e. The molecule has 7 nitrogen and oxygen atoms in total. The second kappa shape index (κ2) is 11.0. The first-order chi connectivity index (χ1) is 12.6. The van der Waals surface area contributed by atoms with Gasteiger partial charge in [0.2, 0.25) is 0 Å². The third-order valence-corrected chi connectivity index (χ3v) is 4.25. The smallest absolute Gasteiger partial charge is 0.306 e. The van der Waals surface area contributed by atoms with Crippen LogP contribution < -0.4 is 5.73 Å². The van der Waals surface area contributed by atoms with Crippen LogP contribution in [0.15, 0.2) is 24.3 Å². The summed E-state index contributed by atoms with van der Waals surface area (Å²) in [5, 5.41) is 29.4. The normalized spacial score (nSPS) is 14.8. The summed E-state index contributed by atoms with van der Waals surface area (Å²) in [6.45, 7) is 3.86. The van der Waals surface area contributed by atoms with Gasteiger partial charge >= 0.3 is 5.97 Å².